The van der Waals surface area contributed by atoms with E-state index in [0.717, 1.165) is 22.6 Å². The van der Waals surface area contributed by atoms with E-state index in [1.807, 2.05) is 0 Å². The first-order chi connectivity index (χ1) is 17.9. The first-order valence-corrected chi connectivity index (χ1v) is 18.9. The molecule has 0 amide bonds. The predicted molar refractivity (Wildman–Crippen MR) is 164 cm³/mol. The Hall–Kier alpha value is 1.58. The van der Waals surface area contributed by atoms with Crippen molar-refractivity contribution in [3.63, 3.8) is 0 Å². The minimum atomic E-state index is 0. The zero-order chi connectivity index (χ0) is 24.4. The zero-order valence-electron chi connectivity index (χ0n) is 24.4. The molecular formula is C34H52Cl2FeP2Pd. The van der Waals surface area contributed by atoms with E-state index in [2.05, 4.69) is 49.3 Å². The maximum Gasteiger partial charge on any atom is 2.00 e. The normalized spacial score (nSPS) is 24.1. The van der Waals surface area contributed by atoms with E-state index in [0.29, 0.717) is 0 Å². The number of rotatable bonds is 6. The molecule has 0 heterocycles. The topological polar surface area (TPSA) is 0 Å². The number of halogens is 2. The van der Waals surface area contributed by atoms with Crippen molar-refractivity contribution in [3.05, 3.63) is 59.9 Å². The van der Waals surface area contributed by atoms with Gasteiger partial charge in [-0.15, -0.1) is 0 Å². The molecule has 0 atom stereocenters. The molecule has 6 aliphatic carbocycles. The Balaban J connectivity index is 0.000000364. The fourth-order valence-electron chi connectivity index (χ4n) is 7.95. The summed E-state index contributed by atoms with van der Waals surface area (Å²) in [4.78, 5) is 0. The van der Waals surface area contributed by atoms with Crippen molar-refractivity contribution in [2.75, 3.05) is 0 Å². The van der Waals surface area contributed by atoms with Crippen LogP contribution >= 0.6 is 15.8 Å². The van der Waals surface area contributed by atoms with Crippen molar-refractivity contribution in [1.82, 2.24) is 0 Å². The van der Waals surface area contributed by atoms with E-state index in [-0.39, 0.29) is 78.1 Å². The van der Waals surface area contributed by atoms with Gasteiger partial charge >= 0.3 is 20.4 Å². The summed E-state index contributed by atoms with van der Waals surface area (Å²) in [5.41, 5.74) is 4.22. The summed E-state index contributed by atoms with van der Waals surface area (Å²) in [7, 11) is 0.290. The Morgan fingerprint density at radius 1 is 0.400 bits per heavy atom. The van der Waals surface area contributed by atoms with Crippen LogP contribution in [0.2, 0.25) is 0 Å². The largest absolute Gasteiger partial charge is 2.00 e. The van der Waals surface area contributed by atoms with Gasteiger partial charge < -0.3 is 24.8 Å². The summed E-state index contributed by atoms with van der Waals surface area (Å²) in [6.45, 7) is 0. The molecule has 0 spiro atoms. The maximum absolute atomic E-state index is 2.43. The third-order valence-electron chi connectivity index (χ3n) is 9.76. The molecular weight excluding hydrogens is 703 g/mol. The van der Waals surface area contributed by atoms with E-state index in [9.17, 15) is 0 Å². The molecule has 40 heavy (non-hydrogen) atoms. The van der Waals surface area contributed by atoms with Crippen LogP contribution in [-0.2, 0) is 37.5 Å². The summed E-state index contributed by atoms with van der Waals surface area (Å²) in [5, 5.41) is 3.45. The van der Waals surface area contributed by atoms with Crippen LogP contribution in [-0.4, -0.2) is 22.6 Å². The molecule has 0 bridgehead atoms. The first-order valence-electron chi connectivity index (χ1n) is 15.9. The molecule has 0 aromatic heterocycles. The standard InChI is InChI=1S/2C17H26P.2ClH.Fe.Pd/c2*1-3-9-15(10-4-1)18(17-13-7-8-14-17)16-11-5-2-6-12-16;;;;/h2*7-8,13-16H,1-6,9-12H2;2*1H;;/q;;;;;+2/p-2. The van der Waals surface area contributed by atoms with Gasteiger partial charge in [0.1, 0.15) is 0 Å². The Bertz CT molecular complexity index is 688. The second-order valence-corrected chi connectivity index (χ2v) is 17.9. The Kier molecular flexibility index (Phi) is 21.9. The summed E-state index contributed by atoms with van der Waals surface area (Å²) in [6.07, 6.45) is 48.9. The minimum Gasteiger partial charge on any atom is -1.00 e. The maximum atomic E-state index is 2.43. The Morgan fingerprint density at radius 3 is 0.850 bits per heavy atom. The van der Waals surface area contributed by atoms with Gasteiger partial charge in [0.25, 0.3) is 0 Å². The molecule has 0 N–H and O–H groups in total. The number of allylic oxidation sites excluding steroid dienone is 8. The van der Waals surface area contributed by atoms with Crippen molar-refractivity contribution in [1.29, 1.82) is 0 Å². The van der Waals surface area contributed by atoms with Crippen LogP contribution in [0.4, 0.5) is 0 Å². The molecule has 4 saturated carbocycles. The molecule has 0 aromatic rings. The van der Waals surface area contributed by atoms with Crippen LogP contribution in [0.3, 0.4) is 0 Å². The van der Waals surface area contributed by atoms with Crippen molar-refractivity contribution >= 4 is 15.8 Å². The average Bonchev–Trinajstić information content (AvgIpc) is 3.68. The van der Waals surface area contributed by atoms with Crippen LogP contribution < -0.4 is 24.8 Å². The summed E-state index contributed by atoms with van der Waals surface area (Å²) in [6, 6.07) is 0. The monoisotopic (exact) mass is 754 g/mol. The summed E-state index contributed by atoms with van der Waals surface area (Å²) >= 11 is 0. The van der Waals surface area contributed by atoms with E-state index >= 15 is 0 Å². The molecule has 6 heteroatoms. The van der Waals surface area contributed by atoms with Crippen LogP contribution in [0.5, 0.6) is 0 Å². The molecule has 4 fully saturated rings. The second kappa shape index (κ2) is 22.1. The number of hydrogen-bond acceptors (Lipinski definition) is 0. The molecule has 0 aliphatic heterocycles. The van der Waals surface area contributed by atoms with Gasteiger partial charge in [0.05, 0.1) is 0 Å². The van der Waals surface area contributed by atoms with Crippen LogP contribution in [0, 0.1) is 12.8 Å². The summed E-state index contributed by atoms with van der Waals surface area (Å²) in [5.74, 6) is 0. The predicted octanol–water partition coefficient (Wildman–Crippen LogP) is 5.59. The molecule has 0 saturated heterocycles. The van der Waals surface area contributed by atoms with Gasteiger partial charge in [0, 0.05) is 29.9 Å². The van der Waals surface area contributed by atoms with Crippen molar-refractivity contribution in [2.45, 2.75) is 151 Å². The van der Waals surface area contributed by atoms with Gasteiger partial charge in [-0.25, -0.2) is 0 Å². The number of hydrogen-bond donors (Lipinski definition) is 0. The van der Waals surface area contributed by atoms with Gasteiger partial charge in [0.2, 0.25) is 0 Å². The molecule has 0 aromatic carbocycles. The zero-order valence-corrected chi connectivity index (χ0v) is 30.3. The third kappa shape index (κ3) is 11.5. The molecule has 6 aliphatic rings. The third-order valence-corrected chi connectivity index (χ3v) is 16.8. The average molecular weight is 756 g/mol. The molecule has 230 valence electrons. The van der Waals surface area contributed by atoms with E-state index < -0.39 is 0 Å². The van der Waals surface area contributed by atoms with Gasteiger partial charge in [-0.3, -0.25) is 0 Å². The molecule has 6 rings (SSSR count). The van der Waals surface area contributed by atoms with E-state index in [1.54, 1.807) is 10.6 Å². The molecule has 0 nitrogen and oxygen atoms in total. The van der Waals surface area contributed by atoms with Crippen LogP contribution in [0.1, 0.15) is 128 Å². The van der Waals surface area contributed by atoms with Crippen LogP contribution in [0.15, 0.2) is 47.1 Å². The molecule has 2 radical (unpaired) electrons. The quantitative estimate of drug-likeness (QED) is 0.246. The van der Waals surface area contributed by atoms with Gasteiger partial charge in [0.15, 0.2) is 0 Å². The smallest absolute Gasteiger partial charge is 1.00 e. The summed E-state index contributed by atoms with van der Waals surface area (Å²) < 4.78 is 0. The van der Waals surface area contributed by atoms with E-state index in [1.165, 1.54) is 128 Å². The van der Waals surface area contributed by atoms with Gasteiger partial charge in [-0.2, -0.15) is 0 Å². The van der Waals surface area contributed by atoms with Gasteiger partial charge in [-0.05, 0) is 84.6 Å². The SMILES string of the molecule is [CH]1C=CC=C1P(C1CCCCC1)C1CCCCC1.[CH]1C=CC=C1P(C1CCCCC1)C1CCCCC1.[Cl-].[Cl-].[Fe].[Pd+2]. The minimum absolute atomic E-state index is 0. The Labute approximate surface area is 287 Å². The van der Waals surface area contributed by atoms with Crippen molar-refractivity contribution in [2.24, 2.45) is 0 Å². The van der Waals surface area contributed by atoms with Gasteiger partial charge in [-0.1, -0.05) is 129 Å². The Morgan fingerprint density at radius 2 is 0.650 bits per heavy atom. The van der Waals surface area contributed by atoms with Crippen molar-refractivity contribution in [3.8, 4) is 0 Å². The second-order valence-electron chi connectivity index (χ2n) is 12.3. The van der Waals surface area contributed by atoms with E-state index in [4.69, 9.17) is 0 Å². The van der Waals surface area contributed by atoms with Crippen molar-refractivity contribution < 1.29 is 62.3 Å². The first kappa shape index (κ1) is 39.6. The fraction of sp³-hybridized carbons (Fsp3) is 0.706. The van der Waals surface area contributed by atoms with Crippen LogP contribution in [0.25, 0.3) is 0 Å². The molecule has 0 unspecified atom stereocenters. The fourth-order valence-corrected chi connectivity index (χ4v) is 15.5.